The number of rotatable bonds is 2. The fourth-order valence-corrected chi connectivity index (χ4v) is 1.96. The van der Waals surface area contributed by atoms with Crippen LogP contribution in [0.4, 0.5) is 0 Å². The van der Waals surface area contributed by atoms with Gasteiger partial charge in [0, 0.05) is 0 Å². The lowest BCUT2D eigenvalue weighted by Gasteiger charge is -2.32. The first-order valence-corrected chi connectivity index (χ1v) is 6.27. The lowest BCUT2D eigenvalue weighted by molar-refractivity contribution is 0.00578. The minimum Gasteiger partial charge on any atom is -0.497 e. The highest BCUT2D eigenvalue weighted by atomic mass is 16.7. The maximum absolute atomic E-state index is 6.01. The van der Waals surface area contributed by atoms with E-state index in [1.807, 2.05) is 25.1 Å². The Hall–Kier alpha value is -0.995. The summed E-state index contributed by atoms with van der Waals surface area (Å²) in [6.45, 7) is 10.2. The second-order valence-corrected chi connectivity index (χ2v) is 5.82. The van der Waals surface area contributed by atoms with Gasteiger partial charge in [0.2, 0.25) is 0 Å². The number of ether oxygens (including phenoxy) is 1. The molecule has 0 spiro atoms. The standard InChI is InChI=1S/C14H21BO3/c1-10-7-8-11(9-12(10)16-6)15-17-13(2,3)14(4,5)18-15/h7-9H,1-6H3. The maximum atomic E-state index is 6.01. The topological polar surface area (TPSA) is 27.7 Å². The van der Waals surface area contributed by atoms with Gasteiger partial charge in [0.1, 0.15) is 5.75 Å². The molecule has 0 bridgehead atoms. The normalized spacial score (nSPS) is 21.1. The zero-order chi connectivity index (χ0) is 13.6. The molecule has 0 amide bonds. The highest BCUT2D eigenvalue weighted by Gasteiger charge is 2.51. The van der Waals surface area contributed by atoms with E-state index in [0.717, 1.165) is 16.8 Å². The molecular weight excluding hydrogens is 227 g/mol. The van der Waals surface area contributed by atoms with Gasteiger partial charge < -0.3 is 14.0 Å². The Morgan fingerprint density at radius 1 is 1.06 bits per heavy atom. The van der Waals surface area contributed by atoms with Crippen molar-refractivity contribution in [3.05, 3.63) is 23.8 Å². The average Bonchev–Trinajstić information content (AvgIpc) is 2.49. The maximum Gasteiger partial charge on any atom is 0.494 e. The minimum absolute atomic E-state index is 0.310. The third kappa shape index (κ3) is 2.15. The Kier molecular flexibility index (Phi) is 3.20. The van der Waals surface area contributed by atoms with E-state index in [2.05, 4.69) is 27.7 Å². The third-order valence-electron chi connectivity index (χ3n) is 3.96. The summed E-state index contributed by atoms with van der Waals surface area (Å²) >= 11 is 0. The first-order chi connectivity index (χ1) is 8.27. The Balaban J connectivity index is 2.30. The molecule has 1 aliphatic rings. The summed E-state index contributed by atoms with van der Waals surface area (Å²) in [4.78, 5) is 0. The van der Waals surface area contributed by atoms with E-state index in [1.54, 1.807) is 7.11 Å². The molecule has 2 rings (SSSR count). The smallest absolute Gasteiger partial charge is 0.494 e. The van der Waals surface area contributed by atoms with Crippen LogP contribution in [0.25, 0.3) is 0 Å². The average molecular weight is 248 g/mol. The first-order valence-electron chi connectivity index (χ1n) is 6.27. The zero-order valence-corrected chi connectivity index (χ0v) is 12.0. The van der Waals surface area contributed by atoms with Gasteiger partial charge >= 0.3 is 7.12 Å². The van der Waals surface area contributed by atoms with Crippen LogP contribution < -0.4 is 10.2 Å². The molecular formula is C14H21BO3. The molecule has 1 aliphatic heterocycles. The van der Waals surface area contributed by atoms with Crippen LogP contribution in [0.2, 0.25) is 0 Å². The number of methoxy groups -OCH3 is 1. The van der Waals surface area contributed by atoms with Crippen LogP contribution in [0.1, 0.15) is 33.3 Å². The van der Waals surface area contributed by atoms with E-state index < -0.39 is 0 Å². The highest BCUT2D eigenvalue weighted by Crippen LogP contribution is 2.36. The molecule has 0 unspecified atom stereocenters. The van der Waals surface area contributed by atoms with E-state index in [4.69, 9.17) is 14.0 Å². The van der Waals surface area contributed by atoms with Crippen molar-refractivity contribution in [1.82, 2.24) is 0 Å². The van der Waals surface area contributed by atoms with E-state index in [1.165, 1.54) is 0 Å². The molecule has 3 nitrogen and oxygen atoms in total. The summed E-state index contributed by atoms with van der Waals surface area (Å²) in [5.74, 6) is 0.863. The molecule has 1 heterocycles. The van der Waals surface area contributed by atoms with E-state index in [9.17, 15) is 0 Å². The summed E-state index contributed by atoms with van der Waals surface area (Å²) in [7, 11) is 1.35. The molecule has 4 heteroatoms. The fourth-order valence-electron chi connectivity index (χ4n) is 1.96. The van der Waals surface area contributed by atoms with Crippen LogP contribution in [0.15, 0.2) is 18.2 Å². The monoisotopic (exact) mass is 248 g/mol. The van der Waals surface area contributed by atoms with Crippen molar-refractivity contribution in [1.29, 1.82) is 0 Å². The van der Waals surface area contributed by atoms with Gasteiger partial charge in [-0.05, 0) is 51.7 Å². The van der Waals surface area contributed by atoms with Crippen LogP contribution in [-0.2, 0) is 9.31 Å². The van der Waals surface area contributed by atoms with Crippen molar-refractivity contribution in [2.45, 2.75) is 45.8 Å². The van der Waals surface area contributed by atoms with Gasteiger partial charge in [-0.2, -0.15) is 0 Å². The van der Waals surface area contributed by atoms with Crippen LogP contribution >= 0.6 is 0 Å². The molecule has 1 aromatic carbocycles. The molecule has 1 fully saturated rings. The SMILES string of the molecule is COc1cc(B2OC(C)(C)C(C)(C)O2)ccc1C. The molecule has 1 aromatic rings. The zero-order valence-electron chi connectivity index (χ0n) is 12.0. The molecule has 1 saturated heterocycles. The van der Waals surface area contributed by atoms with Gasteiger partial charge in [-0.25, -0.2) is 0 Å². The molecule has 0 aromatic heterocycles. The van der Waals surface area contributed by atoms with Crippen molar-refractivity contribution in [2.75, 3.05) is 7.11 Å². The van der Waals surface area contributed by atoms with E-state index in [-0.39, 0.29) is 18.3 Å². The molecule has 98 valence electrons. The van der Waals surface area contributed by atoms with Gasteiger partial charge in [0.05, 0.1) is 18.3 Å². The van der Waals surface area contributed by atoms with E-state index >= 15 is 0 Å². The Bertz CT molecular complexity index is 438. The lowest BCUT2D eigenvalue weighted by atomic mass is 9.78. The van der Waals surface area contributed by atoms with Crippen molar-refractivity contribution in [3.63, 3.8) is 0 Å². The number of benzene rings is 1. The van der Waals surface area contributed by atoms with Gasteiger partial charge in [-0.15, -0.1) is 0 Å². The Labute approximate surface area is 110 Å². The molecule has 18 heavy (non-hydrogen) atoms. The van der Waals surface area contributed by atoms with Crippen molar-refractivity contribution >= 4 is 12.6 Å². The van der Waals surface area contributed by atoms with Crippen LogP contribution in [0.5, 0.6) is 5.75 Å². The Morgan fingerprint density at radius 3 is 2.11 bits per heavy atom. The number of aryl methyl sites for hydroxylation is 1. The summed E-state index contributed by atoms with van der Waals surface area (Å²) in [6, 6.07) is 6.04. The van der Waals surface area contributed by atoms with Gasteiger partial charge in [0.25, 0.3) is 0 Å². The van der Waals surface area contributed by atoms with E-state index in [0.29, 0.717) is 0 Å². The largest absolute Gasteiger partial charge is 0.497 e. The molecule has 0 radical (unpaired) electrons. The summed E-state index contributed by atoms with van der Waals surface area (Å²) in [5.41, 5.74) is 1.49. The lowest BCUT2D eigenvalue weighted by Crippen LogP contribution is -2.41. The predicted molar refractivity (Wildman–Crippen MR) is 73.4 cm³/mol. The molecule has 0 saturated carbocycles. The minimum atomic E-state index is -0.329. The first kappa shape index (κ1) is 13.4. The number of hydrogen-bond donors (Lipinski definition) is 0. The van der Waals surface area contributed by atoms with Crippen molar-refractivity contribution < 1.29 is 14.0 Å². The summed E-state index contributed by atoms with van der Waals surface area (Å²) < 4.78 is 17.4. The quantitative estimate of drug-likeness (QED) is 0.751. The van der Waals surface area contributed by atoms with Crippen LogP contribution in [-0.4, -0.2) is 25.4 Å². The molecule has 0 N–H and O–H groups in total. The van der Waals surface area contributed by atoms with Gasteiger partial charge in [0.15, 0.2) is 0 Å². The summed E-state index contributed by atoms with van der Waals surface area (Å²) in [6.07, 6.45) is 0. The Morgan fingerprint density at radius 2 is 1.61 bits per heavy atom. The summed E-state index contributed by atoms with van der Waals surface area (Å²) in [5, 5.41) is 0. The fraction of sp³-hybridized carbons (Fsp3) is 0.571. The second kappa shape index (κ2) is 4.28. The second-order valence-electron chi connectivity index (χ2n) is 5.82. The van der Waals surface area contributed by atoms with Crippen LogP contribution in [0.3, 0.4) is 0 Å². The highest BCUT2D eigenvalue weighted by molar-refractivity contribution is 6.62. The number of hydrogen-bond acceptors (Lipinski definition) is 3. The molecule has 0 atom stereocenters. The third-order valence-corrected chi connectivity index (χ3v) is 3.96. The van der Waals surface area contributed by atoms with Gasteiger partial charge in [-0.1, -0.05) is 12.1 Å². The van der Waals surface area contributed by atoms with Gasteiger partial charge in [-0.3, -0.25) is 0 Å². The predicted octanol–water partition coefficient (Wildman–Crippen LogP) is 2.30. The molecule has 0 aliphatic carbocycles. The van der Waals surface area contributed by atoms with Crippen molar-refractivity contribution in [2.24, 2.45) is 0 Å². The van der Waals surface area contributed by atoms with Crippen molar-refractivity contribution in [3.8, 4) is 5.75 Å². The van der Waals surface area contributed by atoms with Crippen LogP contribution in [0, 0.1) is 6.92 Å².